The molecule has 1 aliphatic rings. The van der Waals surface area contributed by atoms with Crippen LogP contribution in [0.2, 0.25) is 0 Å². The topological polar surface area (TPSA) is 28.4 Å². The Labute approximate surface area is 91.4 Å². The number of nitrogens with one attached hydrogen (secondary N) is 1. The van der Waals surface area contributed by atoms with Crippen molar-refractivity contribution in [2.75, 3.05) is 20.1 Å². The smallest absolute Gasteiger partial charge is 0.105 e. The van der Waals surface area contributed by atoms with Gasteiger partial charge in [-0.1, -0.05) is 0 Å². The molecule has 0 bridgehead atoms. The first-order chi connectivity index (χ1) is 7.27. The van der Waals surface area contributed by atoms with Gasteiger partial charge in [0, 0.05) is 24.7 Å². The average molecular weight is 208 g/mol. The van der Waals surface area contributed by atoms with Crippen LogP contribution in [0.25, 0.3) is 0 Å². The third-order valence-corrected chi connectivity index (χ3v) is 3.28. The lowest BCUT2D eigenvalue weighted by molar-refractivity contribution is 0.195. The van der Waals surface area contributed by atoms with Crippen LogP contribution in [0.5, 0.6) is 0 Å². The number of likely N-dealkylation sites (N-methyl/N-ethyl adjacent to an activating group) is 1. The fourth-order valence-corrected chi connectivity index (χ4v) is 2.18. The van der Waals surface area contributed by atoms with Gasteiger partial charge in [0.1, 0.15) is 5.76 Å². The second kappa shape index (κ2) is 4.81. The summed E-state index contributed by atoms with van der Waals surface area (Å²) in [6, 6.07) is 2.75. The van der Waals surface area contributed by atoms with Crippen LogP contribution >= 0.6 is 0 Å². The van der Waals surface area contributed by atoms with Gasteiger partial charge in [-0.2, -0.15) is 0 Å². The zero-order valence-electron chi connectivity index (χ0n) is 9.62. The molecule has 1 aromatic heterocycles. The minimum absolute atomic E-state index is 0.674. The Hall–Kier alpha value is -0.800. The molecular formula is C12H20N2O. The third kappa shape index (κ3) is 2.61. The molecule has 1 unspecified atom stereocenters. The van der Waals surface area contributed by atoms with Gasteiger partial charge < -0.3 is 9.73 Å². The van der Waals surface area contributed by atoms with Crippen molar-refractivity contribution in [2.24, 2.45) is 0 Å². The van der Waals surface area contributed by atoms with Crippen LogP contribution in [0, 0.1) is 6.92 Å². The summed E-state index contributed by atoms with van der Waals surface area (Å²) in [4.78, 5) is 2.42. The quantitative estimate of drug-likeness (QED) is 0.820. The Balaban J connectivity index is 1.91. The molecule has 3 nitrogen and oxygen atoms in total. The van der Waals surface area contributed by atoms with E-state index in [1.807, 2.05) is 6.92 Å². The Kier molecular flexibility index (Phi) is 3.44. The highest BCUT2D eigenvalue weighted by molar-refractivity contribution is 5.15. The van der Waals surface area contributed by atoms with Crippen LogP contribution in [-0.2, 0) is 6.54 Å². The lowest BCUT2D eigenvalue weighted by Gasteiger charge is -2.31. The Bertz CT molecular complexity index is 302. The lowest BCUT2D eigenvalue weighted by atomic mass is 10.1. The van der Waals surface area contributed by atoms with Crippen molar-refractivity contribution in [2.45, 2.75) is 32.4 Å². The number of nitrogens with zero attached hydrogens (tertiary/aromatic N) is 1. The van der Waals surface area contributed by atoms with Crippen LogP contribution in [0.3, 0.4) is 0 Å². The van der Waals surface area contributed by atoms with Gasteiger partial charge in [0.05, 0.1) is 6.26 Å². The molecule has 15 heavy (non-hydrogen) atoms. The summed E-state index contributed by atoms with van der Waals surface area (Å²) in [7, 11) is 2.20. The van der Waals surface area contributed by atoms with E-state index in [1.165, 1.54) is 24.9 Å². The van der Waals surface area contributed by atoms with Crippen molar-refractivity contribution in [1.82, 2.24) is 10.2 Å². The summed E-state index contributed by atoms with van der Waals surface area (Å²) in [5.41, 5.74) is 1.31. The van der Waals surface area contributed by atoms with Crippen molar-refractivity contribution in [3.05, 3.63) is 23.7 Å². The molecule has 1 N–H and O–H groups in total. The van der Waals surface area contributed by atoms with Crippen LogP contribution in [0.1, 0.15) is 24.2 Å². The highest BCUT2D eigenvalue weighted by Crippen LogP contribution is 2.15. The van der Waals surface area contributed by atoms with Crippen molar-refractivity contribution in [3.8, 4) is 0 Å². The molecule has 0 amide bonds. The van der Waals surface area contributed by atoms with Gasteiger partial charge in [0.2, 0.25) is 0 Å². The predicted octanol–water partition coefficient (Wildman–Crippen LogP) is 1.77. The third-order valence-electron chi connectivity index (χ3n) is 3.28. The first-order valence-corrected chi connectivity index (χ1v) is 5.71. The molecule has 1 saturated heterocycles. The monoisotopic (exact) mass is 208 g/mol. The maximum atomic E-state index is 5.31. The van der Waals surface area contributed by atoms with E-state index < -0.39 is 0 Å². The molecule has 0 aliphatic carbocycles. The average Bonchev–Trinajstić information content (AvgIpc) is 2.66. The molecule has 2 rings (SSSR count). The maximum absolute atomic E-state index is 5.31. The van der Waals surface area contributed by atoms with Crippen molar-refractivity contribution in [1.29, 1.82) is 0 Å². The highest BCUT2D eigenvalue weighted by Gasteiger charge is 2.18. The number of piperidine rings is 1. The molecule has 3 heteroatoms. The molecule has 0 aromatic carbocycles. The molecule has 2 heterocycles. The minimum atomic E-state index is 0.674. The fourth-order valence-electron chi connectivity index (χ4n) is 2.18. The van der Waals surface area contributed by atoms with Gasteiger partial charge in [-0.15, -0.1) is 0 Å². The van der Waals surface area contributed by atoms with E-state index in [0.717, 1.165) is 18.8 Å². The van der Waals surface area contributed by atoms with E-state index >= 15 is 0 Å². The number of furan rings is 1. The van der Waals surface area contributed by atoms with Crippen LogP contribution in [-0.4, -0.2) is 31.1 Å². The van der Waals surface area contributed by atoms with Crippen molar-refractivity contribution in [3.63, 3.8) is 0 Å². The van der Waals surface area contributed by atoms with E-state index in [-0.39, 0.29) is 0 Å². The van der Waals surface area contributed by atoms with Crippen LogP contribution in [0.4, 0.5) is 0 Å². The molecule has 0 spiro atoms. The lowest BCUT2D eigenvalue weighted by Crippen LogP contribution is -2.43. The summed E-state index contributed by atoms with van der Waals surface area (Å²) < 4.78 is 5.31. The summed E-state index contributed by atoms with van der Waals surface area (Å²) in [6.07, 6.45) is 4.37. The fraction of sp³-hybridized carbons (Fsp3) is 0.667. The normalized spacial score (nSPS) is 22.2. The minimum Gasteiger partial charge on any atom is -0.469 e. The second-order valence-corrected chi connectivity index (χ2v) is 4.42. The van der Waals surface area contributed by atoms with Gasteiger partial charge in [0.15, 0.2) is 0 Å². The molecule has 0 saturated carbocycles. The molecule has 0 radical (unpaired) electrons. The van der Waals surface area contributed by atoms with Gasteiger partial charge in [-0.25, -0.2) is 0 Å². The zero-order valence-corrected chi connectivity index (χ0v) is 9.62. The standard InChI is InChI=1S/C12H20N2O/c1-10-11(5-7-15-10)9-14(2)12-4-3-6-13-8-12/h5,7,12-13H,3-4,6,8-9H2,1-2H3. The Morgan fingerprint density at radius 2 is 2.47 bits per heavy atom. The number of hydrogen-bond acceptors (Lipinski definition) is 3. The van der Waals surface area contributed by atoms with E-state index in [9.17, 15) is 0 Å². The molecular weight excluding hydrogens is 188 g/mol. The molecule has 1 atom stereocenters. The number of rotatable bonds is 3. The number of hydrogen-bond donors (Lipinski definition) is 1. The number of aryl methyl sites for hydroxylation is 1. The summed E-state index contributed by atoms with van der Waals surface area (Å²) in [5, 5.41) is 3.44. The molecule has 1 aliphatic heterocycles. The Morgan fingerprint density at radius 3 is 3.07 bits per heavy atom. The van der Waals surface area contributed by atoms with Gasteiger partial charge in [-0.05, 0) is 39.4 Å². The highest BCUT2D eigenvalue weighted by atomic mass is 16.3. The van der Waals surface area contributed by atoms with Crippen LogP contribution in [0.15, 0.2) is 16.7 Å². The van der Waals surface area contributed by atoms with Crippen molar-refractivity contribution < 1.29 is 4.42 Å². The largest absolute Gasteiger partial charge is 0.469 e. The second-order valence-electron chi connectivity index (χ2n) is 4.42. The van der Waals surface area contributed by atoms with Gasteiger partial charge in [-0.3, -0.25) is 4.90 Å². The first kappa shape index (κ1) is 10.7. The maximum Gasteiger partial charge on any atom is 0.105 e. The molecule has 1 aromatic rings. The molecule has 1 fully saturated rings. The van der Waals surface area contributed by atoms with E-state index in [0.29, 0.717) is 6.04 Å². The Morgan fingerprint density at radius 1 is 1.60 bits per heavy atom. The summed E-state index contributed by atoms with van der Waals surface area (Å²) in [6.45, 7) is 5.32. The van der Waals surface area contributed by atoms with E-state index in [2.05, 4.69) is 23.3 Å². The van der Waals surface area contributed by atoms with E-state index in [4.69, 9.17) is 4.42 Å². The van der Waals surface area contributed by atoms with E-state index in [1.54, 1.807) is 6.26 Å². The zero-order chi connectivity index (χ0) is 10.7. The predicted molar refractivity (Wildman–Crippen MR) is 60.8 cm³/mol. The SMILES string of the molecule is Cc1occc1CN(C)C1CCCNC1. The summed E-state index contributed by atoms with van der Waals surface area (Å²) in [5.74, 6) is 1.05. The summed E-state index contributed by atoms with van der Waals surface area (Å²) >= 11 is 0. The van der Waals surface area contributed by atoms with Gasteiger partial charge >= 0.3 is 0 Å². The van der Waals surface area contributed by atoms with Crippen molar-refractivity contribution >= 4 is 0 Å². The van der Waals surface area contributed by atoms with Crippen LogP contribution < -0.4 is 5.32 Å². The first-order valence-electron chi connectivity index (χ1n) is 5.71. The molecule has 84 valence electrons. The van der Waals surface area contributed by atoms with Gasteiger partial charge in [0.25, 0.3) is 0 Å².